The highest BCUT2D eigenvalue weighted by Gasteiger charge is 2.27. The number of amides is 1. The van der Waals surface area contributed by atoms with E-state index in [0.717, 1.165) is 50.3 Å². The Labute approximate surface area is 189 Å². The fourth-order valence-electron chi connectivity index (χ4n) is 5.05. The second-order valence-corrected chi connectivity index (χ2v) is 9.05. The molecule has 0 bridgehead atoms. The zero-order valence-electron chi connectivity index (χ0n) is 19.0. The van der Waals surface area contributed by atoms with Gasteiger partial charge in [0.05, 0.1) is 12.1 Å². The van der Waals surface area contributed by atoms with Gasteiger partial charge in [0.15, 0.2) is 0 Å². The molecule has 2 fully saturated rings. The number of nitrogens with zero attached hydrogens (tertiary/aromatic N) is 4. The third-order valence-corrected chi connectivity index (χ3v) is 7.00. The number of carbonyl (C=O) groups is 1. The van der Waals surface area contributed by atoms with Crippen molar-refractivity contribution in [2.75, 3.05) is 38.0 Å². The molecule has 6 nitrogen and oxygen atoms in total. The molecular formula is C25H32FN5O. The van der Waals surface area contributed by atoms with Crippen molar-refractivity contribution >= 4 is 11.7 Å². The van der Waals surface area contributed by atoms with Crippen LogP contribution in [0, 0.1) is 31.0 Å². The number of hydrogen-bond acceptors (Lipinski definition) is 4. The third-order valence-electron chi connectivity index (χ3n) is 7.00. The number of piperazine rings is 1. The summed E-state index contributed by atoms with van der Waals surface area (Å²) in [5, 5.41) is 12.8. The van der Waals surface area contributed by atoms with Gasteiger partial charge >= 0.3 is 0 Å². The van der Waals surface area contributed by atoms with Crippen LogP contribution < -0.4 is 5.32 Å². The monoisotopic (exact) mass is 437 g/mol. The van der Waals surface area contributed by atoms with Gasteiger partial charge in [0, 0.05) is 50.0 Å². The second kappa shape index (κ2) is 9.85. The van der Waals surface area contributed by atoms with Gasteiger partial charge in [-0.1, -0.05) is 31.0 Å². The van der Waals surface area contributed by atoms with Crippen LogP contribution in [0.15, 0.2) is 24.3 Å². The summed E-state index contributed by atoms with van der Waals surface area (Å²) < 4.78 is 16.1. The summed E-state index contributed by atoms with van der Waals surface area (Å²) in [6.45, 7) is 7.99. The first-order chi connectivity index (χ1) is 15.5. The van der Waals surface area contributed by atoms with Crippen molar-refractivity contribution in [1.29, 1.82) is 5.26 Å². The van der Waals surface area contributed by atoms with Gasteiger partial charge in [0.1, 0.15) is 17.7 Å². The molecule has 1 aromatic heterocycles. The molecule has 4 rings (SSSR count). The van der Waals surface area contributed by atoms with Gasteiger partial charge in [0.2, 0.25) is 5.91 Å². The second-order valence-electron chi connectivity index (χ2n) is 9.05. The minimum Gasteiger partial charge on any atom is -0.327 e. The number of anilines is 1. The summed E-state index contributed by atoms with van der Waals surface area (Å²) in [4.78, 5) is 17.3. The van der Waals surface area contributed by atoms with E-state index in [1.807, 2.05) is 26.0 Å². The molecule has 1 saturated heterocycles. The number of halogens is 1. The third kappa shape index (κ3) is 4.72. The number of benzene rings is 1. The first-order valence-electron chi connectivity index (χ1n) is 11.6. The molecule has 2 heterocycles. The van der Waals surface area contributed by atoms with Crippen LogP contribution in [-0.2, 0) is 11.3 Å². The maximum Gasteiger partial charge on any atom is 0.239 e. The molecule has 2 aromatic rings. The minimum atomic E-state index is -0.168. The van der Waals surface area contributed by atoms with E-state index < -0.39 is 0 Å². The van der Waals surface area contributed by atoms with E-state index in [9.17, 15) is 14.4 Å². The molecular weight excluding hydrogens is 405 g/mol. The molecule has 7 heteroatoms. The van der Waals surface area contributed by atoms with Crippen molar-refractivity contribution in [3.63, 3.8) is 0 Å². The molecule has 1 saturated carbocycles. The van der Waals surface area contributed by atoms with E-state index in [2.05, 4.69) is 25.8 Å². The zero-order valence-corrected chi connectivity index (χ0v) is 19.0. The van der Waals surface area contributed by atoms with Crippen molar-refractivity contribution in [3.8, 4) is 6.07 Å². The topological polar surface area (TPSA) is 64.3 Å². The normalized spacial score (nSPS) is 18.1. The predicted molar refractivity (Wildman–Crippen MR) is 123 cm³/mol. The Morgan fingerprint density at radius 3 is 2.44 bits per heavy atom. The van der Waals surface area contributed by atoms with E-state index >= 15 is 0 Å². The molecule has 2 aliphatic rings. The number of nitriles is 1. The van der Waals surface area contributed by atoms with Gasteiger partial charge in [-0.3, -0.25) is 14.6 Å². The van der Waals surface area contributed by atoms with Gasteiger partial charge in [-0.2, -0.15) is 5.26 Å². The van der Waals surface area contributed by atoms with Crippen LogP contribution in [-0.4, -0.2) is 53.0 Å². The van der Waals surface area contributed by atoms with Crippen LogP contribution in [0.2, 0.25) is 0 Å². The Balaban J connectivity index is 1.36. The van der Waals surface area contributed by atoms with Crippen LogP contribution in [0.5, 0.6) is 0 Å². The number of aromatic nitrogens is 1. The number of carbonyl (C=O) groups excluding carboxylic acids is 1. The summed E-state index contributed by atoms with van der Waals surface area (Å²) in [5.74, 6) is 0.414. The lowest BCUT2D eigenvalue weighted by atomic mass is 10.2. The highest BCUT2D eigenvalue weighted by Crippen LogP contribution is 2.37. The summed E-state index contributed by atoms with van der Waals surface area (Å²) in [7, 11) is 0. The Hall–Kier alpha value is -2.69. The smallest absolute Gasteiger partial charge is 0.239 e. The predicted octanol–water partition coefficient (Wildman–Crippen LogP) is 3.99. The van der Waals surface area contributed by atoms with Crippen LogP contribution in [0.25, 0.3) is 0 Å². The molecule has 0 unspecified atom stereocenters. The van der Waals surface area contributed by atoms with Gasteiger partial charge < -0.3 is 9.88 Å². The van der Waals surface area contributed by atoms with E-state index in [0.29, 0.717) is 36.1 Å². The molecule has 1 aliphatic carbocycles. The van der Waals surface area contributed by atoms with Crippen LogP contribution in [0.3, 0.4) is 0 Å². The molecule has 0 atom stereocenters. The molecule has 1 aromatic carbocycles. The summed E-state index contributed by atoms with van der Waals surface area (Å²) >= 11 is 0. The first kappa shape index (κ1) is 22.5. The maximum atomic E-state index is 13.9. The van der Waals surface area contributed by atoms with Gasteiger partial charge in [-0.15, -0.1) is 0 Å². The molecule has 0 spiro atoms. The van der Waals surface area contributed by atoms with E-state index in [1.165, 1.54) is 18.9 Å². The van der Waals surface area contributed by atoms with Crippen molar-refractivity contribution in [3.05, 3.63) is 52.5 Å². The lowest BCUT2D eigenvalue weighted by molar-refractivity contribution is -0.117. The molecule has 170 valence electrons. The lowest BCUT2D eigenvalue weighted by Gasteiger charge is -2.34. The minimum absolute atomic E-state index is 0.0826. The summed E-state index contributed by atoms with van der Waals surface area (Å²) in [6.07, 6.45) is 4.56. The average Bonchev–Trinajstić information content (AvgIpc) is 3.38. The highest BCUT2D eigenvalue weighted by atomic mass is 19.1. The number of nitrogens with one attached hydrogen (secondary N) is 1. The Bertz CT molecular complexity index is 1010. The Kier molecular flexibility index (Phi) is 6.92. The fraction of sp³-hybridized carbons (Fsp3) is 0.520. The van der Waals surface area contributed by atoms with Gasteiger partial charge in [-0.05, 0) is 38.3 Å². The van der Waals surface area contributed by atoms with Crippen LogP contribution >= 0.6 is 0 Å². The van der Waals surface area contributed by atoms with Crippen molar-refractivity contribution in [1.82, 2.24) is 14.4 Å². The highest BCUT2D eigenvalue weighted by molar-refractivity contribution is 5.93. The molecule has 32 heavy (non-hydrogen) atoms. The number of hydrogen-bond donors (Lipinski definition) is 1. The molecule has 0 radical (unpaired) electrons. The quantitative estimate of drug-likeness (QED) is 0.742. The average molecular weight is 438 g/mol. The first-order valence-corrected chi connectivity index (χ1v) is 11.6. The maximum absolute atomic E-state index is 13.9. The fourth-order valence-corrected chi connectivity index (χ4v) is 5.05. The Morgan fingerprint density at radius 1 is 1.12 bits per heavy atom. The zero-order chi connectivity index (χ0) is 22.7. The van der Waals surface area contributed by atoms with Gasteiger partial charge in [0.25, 0.3) is 0 Å². The van der Waals surface area contributed by atoms with Crippen LogP contribution in [0.1, 0.15) is 54.1 Å². The van der Waals surface area contributed by atoms with Crippen LogP contribution in [0.4, 0.5) is 10.2 Å². The summed E-state index contributed by atoms with van der Waals surface area (Å²) in [6, 6.07) is 9.55. The van der Waals surface area contributed by atoms with Gasteiger partial charge in [-0.25, -0.2) is 4.39 Å². The largest absolute Gasteiger partial charge is 0.327 e. The van der Waals surface area contributed by atoms with E-state index in [1.54, 1.807) is 6.07 Å². The van der Waals surface area contributed by atoms with Crippen molar-refractivity contribution in [2.45, 2.75) is 52.1 Å². The Morgan fingerprint density at radius 2 is 1.78 bits per heavy atom. The standard InChI is InChI=1S/C25H32FN5O/c1-18-19(2)31(21-8-4-5-9-21)25(22(18)15-27)28-24(32)17-30-13-11-29(12-14-30)16-20-7-3-6-10-23(20)26/h3,6-7,10,21H,4-5,8-9,11-14,16-17H2,1-2H3,(H,28,32). The molecule has 1 amide bonds. The lowest BCUT2D eigenvalue weighted by Crippen LogP contribution is -2.48. The molecule has 1 aliphatic heterocycles. The number of rotatable bonds is 6. The SMILES string of the molecule is Cc1c(C#N)c(NC(=O)CN2CCN(Cc3ccccc3F)CC2)n(C2CCCC2)c1C. The summed E-state index contributed by atoms with van der Waals surface area (Å²) in [5.41, 5.74) is 3.32. The van der Waals surface area contributed by atoms with E-state index in [-0.39, 0.29) is 11.7 Å². The van der Waals surface area contributed by atoms with Crippen molar-refractivity contribution in [2.24, 2.45) is 0 Å². The molecule has 1 N–H and O–H groups in total. The van der Waals surface area contributed by atoms with E-state index in [4.69, 9.17) is 0 Å². The van der Waals surface area contributed by atoms with Crippen molar-refractivity contribution < 1.29 is 9.18 Å².